The van der Waals surface area contributed by atoms with Crippen LogP contribution < -0.4 is 10.2 Å². The molecular weight excluding hydrogens is 392 g/mol. The van der Waals surface area contributed by atoms with Gasteiger partial charge in [0.2, 0.25) is 11.8 Å². The van der Waals surface area contributed by atoms with Gasteiger partial charge in [0, 0.05) is 31.5 Å². The maximum atomic E-state index is 13.2. The molecule has 6 nitrogen and oxygen atoms in total. The van der Waals surface area contributed by atoms with Crippen LogP contribution in [0.3, 0.4) is 0 Å². The number of benzene rings is 2. The third-order valence-electron chi connectivity index (χ3n) is 5.26. The Bertz CT molecular complexity index is 895. The van der Waals surface area contributed by atoms with Crippen molar-refractivity contribution in [1.82, 2.24) is 5.32 Å². The van der Waals surface area contributed by atoms with E-state index in [1.165, 1.54) is 0 Å². The normalized spacial score (nSPS) is 10.5. The van der Waals surface area contributed by atoms with Gasteiger partial charge in [0.05, 0.1) is 6.54 Å². The first kappa shape index (κ1) is 24.1. The maximum absolute atomic E-state index is 13.2. The van der Waals surface area contributed by atoms with E-state index in [0.717, 1.165) is 28.8 Å². The van der Waals surface area contributed by atoms with Crippen LogP contribution in [0.1, 0.15) is 55.7 Å². The monoisotopic (exact) mass is 424 g/mol. The molecular formula is C25H32N2O4. The van der Waals surface area contributed by atoms with Crippen LogP contribution in [0.25, 0.3) is 0 Å². The van der Waals surface area contributed by atoms with Crippen LogP contribution in [0.2, 0.25) is 0 Å². The summed E-state index contributed by atoms with van der Waals surface area (Å²) in [6, 6.07) is 15.9. The van der Waals surface area contributed by atoms with Gasteiger partial charge >= 0.3 is 5.97 Å². The van der Waals surface area contributed by atoms with Crippen molar-refractivity contribution in [3.8, 4) is 0 Å². The highest BCUT2D eigenvalue weighted by molar-refractivity contribution is 5.94. The lowest BCUT2D eigenvalue weighted by Gasteiger charge is -2.26. The molecule has 2 aromatic rings. The molecule has 0 atom stereocenters. The molecule has 0 bridgehead atoms. The molecule has 0 saturated heterocycles. The predicted octanol–water partition coefficient (Wildman–Crippen LogP) is 4.24. The van der Waals surface area contributed by atoms with E-state index in [2.05, 4.69) is 12.2 Å². The Morgan fingerprint density at radius 3 is 2.23 bits per heavy atom. The number of carbonyl (C=O) groups is 3. The highest BCUT2D eigenvalue weighted by Gasteiger charge is 2.19. The number of aryl methyl sites for hydroxylation is 2. The zero-order valence-corrected chi connectivity index (χ0v) is 18.4. The molecule has 2 amide bonds. The van der Waals surface area contributed by atoms with E-state index < -0.39 is 5.97 Å². The molecule has 0 aliphatic heterocycles. The molecule has 0 aliphatic carbocycles. The molecule has 6 heteroatoms. The second-order valence-corrected chi connectivity index (χ2v) is 7.59. The number of nitrogens with zero attached hydrogens (tertiary/aromatic N) is 1. The van der Waals surface area contributed by atoms with E-state index in [4.69, 9.17) is 5.11 Å². The minimum absolute atomic E-state index is 0.0460. The highest BCUT2D eigenvalue weighted by Crippen LogP contribution is 2.24. The topological polar surface area (TPSA) is 86.7 Å². The van der Waals surface area contributed by atoms with Crippen molar-refractivity contribution in [1.29, 1.82) is 0 Å². The molecule has 2 rings (SSSR count). The van der Waals surface area contributed by atoms with Gasteiger partial charge in [-0.25, -0.2) is 0 Å². The third-order valence-corrected chi connectivity index (χ3v) is 5.26. The van der Waals surface area contributed by atoms with Crippen molar-refractivity contribution < 1.29 is 19.5 Å². The van der Waals surface area contributed by atoms with Gasteiger partial charge < -0.3 is 15.3 Å². The SMILES string of the molecule is CCc1ccccc1N(Cc1ccccc1C)C(=O)CCNC(=O)CCCCC(=O)O. The first-order chi connectivity index (χ1) is 14.9. The Kier molecular flexibility index (Phi) is 9.75. The van der Waals surface area contributed by atoms with Gasteiger partial charge in [-0.15, -0.1) is 0 Å². The van der Waals surface area contributed by atoms with E-state index in [1.807, 2.05) is 55.5 Å². The van der Waals surface area contributed by atoms with Crippen LogP contribution >= 0.6 is 0 Å². The molecule has 0 spiro atoms. The first-order valence-electron chi connectivity index (χ1n) is 10.8. The second kappa shape index (κ2) is 12.5. The van der Waals surface area contributed by atoms with Gasteiger partial charge in [-0.2, -0.15) is 0 Å². The Balaban J connectivity index is 2.01. The van der Waals surface area contributed by atoms with E-state index in [-0.39, 0.29) is 37.6 Å². The number of para-hydroxylation sites is 1. The van der Waals surface area contributed by atoms with Crippen molar-refractivity contribution in [3.05, 3.63) is 65.2 Å². The Hall–Kier alpha value is -3.15. The van der Waals surface area contributed by atoms with Gasteiger partial charge in [0.1, 0.15) is 0 Å². The van der Waals surface area contributed by atoms with Crippen LogP contribution in [0.5, 0.6) is 0 Å². The predicted molar refractivity (Wildman–Crippen MR) is 122 cm³/mol. The lowest BCUT2D eigenvalue weighted by atomic mass is 10.1. The molecule has 0 aromatic heterocycles. The van der Waals surface area contributed by atoms with E-state index >= 15 is 0 Å². The smallest absolute Gasteiger partial charge is 0.303 e. The van der Waals surface area contributed by atoms with Gasteiger partial charge in [0.15, 0.2) is 0 Å². The lowest BCUT2D eigenvalue weighted by molar-refractivity contribution is -0.137. The molecule has 31 heavy (non-hydrogen) atoms. The number of unbranched alkanes of at least 4 members (excludes halogenated alkanes) is 1. The summed E-state index contributed by atoms with van der Waals surface area (Å²) in [5.41, 5.74) is 4.22. The maximum Gasteiger partial charge on any atom is 0.303 e. The summed E-state index contributed by atoms with van der Waals surface area (Å²) in [6.45, 7) is 4.84. The molecule has 0 fully saturated rings. The molecule has 0 heterocycles. The van der Waals surface area contributed by atoms with Crippen molar-refractivity contribution >= 4 is 23.5 Å². The number of hydrogen-bond acceptors (Lipinski definition) is 3. The average Bonchev–Trinajstić information content (AvgIpc) is 2.76. The number of rotatable bonds is 12. The highest BCUT2D eigenvalue weighted by atomic mass is 16.4. The lowest BCUT2D eigenvalue weighted by Crippen LogP contribution is -2.35. The molecule has 166 valence electrons. The summed E-state index contributed by atoms with van der Waals surface area (Å²) in [7, 11) is 0. The fourth-order valence-electron chi connectivity index (χ4n) is 3.43. The number of nitrogens with one attached hydrogen (secondary N) is 1. The minimum Gasteiger partial charge on any atom is -0.481 e. The largest absolute Gasteiger partial charge is 0.481 e. The number of amides is 2. The number of hydrogen-bond donors (Lipinski definition) is 2. The fraction of sp³-hybridized carbons (Fsp3) is 0.400. The molecule has 0 radical (unpaired) electrons. The summed E-state index contributed by atoms with van der Waals surface area (Å²) >= 11 is 0. The van der Waals surface area contributed by atoms with Crippen molar-refractivity contribution in [2.45, 2.75) is 58.9 Å². The number of carboxylic acids is 1. The van der Waals surface area contributed by atoms with Crippen LogP contribution in [0.4, 0.5) is 5.69 Å². The first-order valence-corrected chi connectivity index (χ1v) is 10.8. The number of aliphatic carboxylic acids is 1. The summed E-state index contributed by atoms with van der Waals surface area (Å²) in [5.74, 6) is -1.06. The van der Waals surface area contributed by atoms with Crippen LogP contribution in [0.15, 0.2) is 48.5 Å². The van der Waals surface area contributed by atoms with E-state index in [1.54, 1.807) is 4.90 Å². The zero-order valence-electron chi connectivity index (χ0n) is 18.4. The van der Waals surface area contributed by atoms with Crippen molar-refractivity contribution in [2.24, 2.45) is 0 Å². The minimum atomic E-state index is -0.855. The third kappa shape index (κ3) is 7.89. The standard InChI is InChI=1S/C25H32N2O4/c1-3-20-11-6-7-13-22(20)27(18-21-12-5-4-10-19(21)2)24(29)16-17-26-23(28)14-8-9-15-25(30)31/h4-7,10-13H,3,8-9,14-18H2,1-2H3,(H,26,28)(H,30,31). The molecule has 0 unspecified atom stereocenters. The summed E-state index contributed by atoms with van der Waals surface area (Å²) in [5, 5.41) is 11.4. The Morgan fingerprint density at radius 1 is 0.903 bits per heavy atom. The molecule has 2 N–H and O–H groups in total. The van der Waals surface area contributed by atoms with E-state index in [9.17, 15) is 14.4 Å². The molecule has 0 saturated carbocycles. The van der Waals surface area contributed by atoms with Crippen LogP contribution in [-0.2, 0) is 27.3 Å². The van der Waals surface area contributed by atoms with Gasteiger partial charge in [-0.1, -0.05) is 49.4 Å². The van der Waals surface area contributed by atoms with E-state index in [0.29, 0.717) is 19.4 Å². The molecule has 0 aliphatic rings. The Labute approximate surface area is 184 Å². The number of anilines is 1. The molecule has 2 aromatic carbocycles. The fourth-order valence-corrected chi connectivity index (χ4v) is 3.43. The van der Waals surface area contributed by atoms with Crippen LogP contribution in [0, 0.1) is 6.92 Å². The van der Waals surface area contributed by atoms with Crippen LogP contribution in [-0.4, -0.2) is 29.4 Å². The average molecular weight is 425 g/mol. The zero-order chi connectivity index (χ0) is 22.6. The number of carboxylic acid groups (broad SMARTS) is 1. The summed E-state index contributed by atoms with van der Waals surface area (Å²) < 4.78 is 0. The second-order valence-electron chi connectivity index (χ2n) is 7.59. The summed E-state index contributed by atoms with van der Waals surface area (Å²) in [4.78, 5) is 37.4. The van der Waals surface area contributed by atoms with Gasteiger partial charge in [0.25, 0.3) is 0 Å². The van der Waals surface area contributed by atoms with Crippen molar-refractivity contribution in [3.63, 3.8) is 0 Å². The van der Waals surface area contributed by atoms with Gasteiger partial charge in [-0.3, -0.25) is 14.4 Å². The Morgan fingerprint density at radius 2 is 1.55 bits per heavy atom. The quantitative estimate of drug-likeness (QED) is 0.499. The number of carbonyl (C=O) groups excluding carboxylic acids is 2. The van der Waals surface area contributed by atoms with Crippen molar-refractivity contribution in [2.75, 3.05) is 11.4 Å². The van der Waals surface area contributed by atoms with Gasteiger partial charge in [-0.05, 0) is 48.9 Å². The summed E-state index contributed by atoms with van der Waals surface area (Å²) in [6.07, 6.45) is 2.35.